The Labute approximate surface area is 48.6 Å². The molecule has 1 nitrogen and oxygen atoms in total. The fraction of sp³-hybridized carbons (Fsp3) is 0.143. The Kier molecular flexibility index (Phi) is 1.20. The van der Waals surface area contributed by atoms with E-state index >= 15 is 0 Å². The molecule has 0 saturated heterocycles. The van der Waals surface area contributed by atoms with E-state index < -0.39 is 0 Å². The lowest BCUT2D eigenvalue weighted by atomic mass is 10.3. The summed E-state index contributed by atoms with van der Waals surface area (Å²) >= 11 is 0. The highest BCUT2D eigenvalue weighted by Gasteiger charge is 1.93. The highest BCUT2D eigenvalue weighted by atomic mass is 16.3. The molecule has 0 unspecified atom stereocenters. The number of rotatable bonds is 0. The third kappa shape index (κ3) is 0.808. The quantitative estimate of drug-likeness (QED) is 0.470. The second kappa shape index (κ2) is 1.86. The van der Waals surface area contributed by atoms with Crippen molar-refractivity contribution in [1.82, 2.24) is 0 Å². The Balaban J connectivity index is 2.90. The summed E-state index contributed by atoms with van der Waals surface area (Å²) in [5.74, 6) is 0.384. The Bertz CT molecular complexity index is 155. The Morgan fingerprint density at radius 1 is 1.38 bits per heavy atom. The summed E-state index contributed by atoms with van der Waals surface area (Å²) in [5.41, 5.74) is 0.907. The van der Waals surface area contributed by atoms with E-state index in [4.69, 9.17) is 5.11 Å². The van der Waals surface area contributed by atoms with Gasteiger partial charge in [-0.25, -0.2) is 0 Å². The Hall–Kier alpha value is -0.980. The van der Waals surface area contributed by atoms with Gasteiger partial charge in [-0.3, -0.25) is 0 Å². The zero-order chi connectivity index (χ0) is 5.98. The molecule has 1 aliphatic carbocycles. The monoisotopic (exact) mass is 108 g/mol. The van der Waals surface area contributed by atoms with Crippen LogP contribution in [0.5, 0.6) is 0 Å². The van der Waals surface area contributed by atoms with Gasteiger partial charge in [-0.05, 0) is 6.92 Å². The topological polar surface area (TPSA) is 20.2 Å². The molecule has 1 rings (SSSR count). The molecule has 0 fully saturated rings. The molecule has 0 aromatic carbocycles. The van der Waals surface area contributed by atoms with Crippen LogP contribution in [0, 0.1) is 0 Å². The lowest BCUT2D eigenvalue weighted by Gasteiger charge is -1.89. The van der Waals surface area contributed by atoms with Crippen molar-refractivity contribution in [2.75, 3.05) is 0 Å². The second-order valence-corrected chi connectivity index (χ2v) is 1.76. The average molecular weight is 108 g/mol. The van der Waals surface area contributed by atoms with Crippen molar-refractivity contribution < 1.29 is 5.11 Å². The summed E-state index contributed by atoms with van der Waals surface area (Å²) in [7, 11) is 0. The molecular weight excluding hydrogens is 100 g/mol. The van der Waals surface area contributed by atoms with Gasteiger partial charge in [-0.1, -0.05) is 24.3 Å². The van der Waals surface area contributed by atoms with Crippen LogP contribution in [0.3, 0.4) is 0 Å². The van der Waals surface area contributed by atoms with E-state index in [1.807, 2.05) is 24.3 Å². The van der Waals surface area contributed by atoms with Crippen molar-refractivity contribution in [2.24, 2.45) is 0 Å². The fourth-order valence-corrected chi connectivity index (χ4v) is 0.615. The molecule has 0 amide bonds. The van der Waals surface area contributed by atoms with Crippen molar-refractivity contribution in [3.8, 4) is 0 Å². The lowest BCUT2D eigenvalue weighted by Crippen LogP contribution is -1.74. The van der Waals surface area contributed by atoms with Gasteiger partial charge in [-0.2, -0.15) is 0 Å². The molecule has 0 radical (unpaired) electrons. The molecule has 1 aliphatic rings. The first-order valence-corrected chi connectivity index (χ1v) is 2.55. The lowest BCUT2D eigenvalue weighted by molar-refractivity contribution is 0.411. The Morgan fingerprint density at radius 2 is 1.88 bits per heavy atom. The van der Waals surface area contributed by atoms with Crippen LogP contribution < -0.4 is 0 Å². The summed E-state index contributed by atoms with van der Waals surface area (Å²) in [5, 5.41) is 8.83. The first-order valence-electron chi connectivity index (χ1n) is 2.55. The van der Waals surface area contributed by atoms with Gasteiger partial charge in [0.1, 0.15) is 0 Å². The van der Waals surface area contributed by atoms with Crippen molar-refractivity contribution in [2.45, 2.75) is 6.92 Å². The molecular formula is C7H8O. The minimum absolute atomic E-state index is 0.384. The van der Waals surface area contributed by atoms with Gasteiger partial charge in [0.15, 0.2) is 0 Å². The summed E-state index contributed by atoms with van der Waals surface area (Å²) in [6, 6.07) is 0. The van der Waals surface area contributed by atoms with Crippen LogP contribution >= 0.6 is 0 Å². The smallest absolute Gasteiger partial charge is 0.0963 e. The third-order valence-corrected chi connectivity index (χ3v) is 1.08. The van der Waals surface area contributed by atoms with Crippen LogP contribution in [0.2, 0.25) is 0 Å². The van der Waals surface area contributed by atoms with Crippen LogP contribution in [0.25, 0.3) is 0 Å². The van der Waals surface area contributed by atoms with E-state index in [2.05, 4.69) is 0 Å². The van der Waals surface area contributed by atoms with E-state index in [-0.39, 0.29) is 0 Å². The molecule has 0 aromatic heterocycles. The van der Waals surface area contributed by atoms with E-state index in [0.29, 0.717) is 5.76 Å². The summed E-state index contributed by atoms with van der Waals surface area (Å²) < 4.78 is 0. The van der Waals surface area contributed by atoms with Gasteiger partial charge >= 0.3 is 0 Å². The Morgan fingerprint density at radius 3 is 2.12 bits per heavy atom. The molecule has 0 aliphatic heterocycles. The number of aliphatic hydroxyl groups is 1. The first-order chi connectivity index (χ1) is 3.80. The third-order valence-electron chi connectivity index (χ3n) is 1.08. The predicted molar refractivity (Wildman–Crippen MR) is 33.6 cm³/mol. The minimum atomic E-state index is 0.384. The van der Waals surface area contributed by atoms with Crippen LogP contribution in [-0.4, -0.2) is 5.11 Å². The first kappa shape index (κ1) is 5.16. The van der Waals surface area contributed by atoms with Crippen molar-refractivity contribution in [3.63, 3.8) is 0 Å². The highest BCUT2D eigenvalue weighted by molar-refractivity contribution is 5.40. The van der Waals surface area contributed by atoms with Gasteiger partial charge in [-0.15, -0.1) is 0 Å². The van der Waals surface area contributed by atoms with Crippen molar-refractivity contribution in [1.29, 1.82) is 0 Å². The van der Waals surface area contributed by atoms with Gasteiger partial charge in [0, 0.05) is 5.57 Å². The maximum absolute atomic E-state index is 8.83. The fourth-order valence-electron chi connectivity index (χ4n) is 0.615. The summed E-state index contributed by atoms with van der Waals surface area (Å²) in [6.45, 7) is 1.68. The van der Waals surface area contributed by atoms with Gasteiger partial charge < -0.3 is 5.11 Å². The molecule has 0 atom stereocenters. The maximum Gasteiger partial charge on any atom is 0.0963 e. The molecule has 0 saturated carbocycles. The molecule has 1 heteroatoms. The van der Waals surface area contributed by atoms with Crippen LogP contribution in [-0.2, 0) is 0 Å². The van der Waals surface area contributed by atoms with Crippen LogP contribution in [0.1, 0.15) is 6.92 Å². The average Bonchev–Trinajstić information content (AvgIpc) is 2.12. The molecule has 8 heavy (non-hydrogen) atoms. The largest absolute Gasteiger partial charge is 0.512 e. The molecule has 42 valence electrons. The molecule has 1 N–H and O–H groups in total. The number of aliphatic hydroxyl groups excluding tert-OH is 1. The van der Waals surface area contributed by atoms with E-state index in [1.165, 1.54) is 0 Å². The SMILES string of the molecule is CC(O)=C1C=CC=C1. The molecule has 0 bridgehead atoms. The number of hydrogen-bond acceptors (Lipinski definition) is 1. The normalized spacial score (nSPS) is 15.4. The van der Waals surface area contributed by atoms with E-state index in [1.54, 1.807) is 6.92 Å². The molecule has 0 spiro atoms. The summed E-state index contributed by atoms with van der Waals surface area (Å²) in [6.07, 6.45) is 7.54. The highest BCUT2D eigenvalue weighted by Crippen LogP contribution is 2.09. The second-order valence-electron chi connectivity index (χ2n) is 1.76. The van der Waals surface area contributed by atoms with Crippen molar-refractivity contribution >= 4 is 0 Å². The van der Waals surface area contributed by atoms with E-state index in [0.717, 1.165) is 5.57 Å². The molecule has 0 heterocycles. The van der Waals surface area contributed by atoms with Gasteiger partial charge in [0.25, 0.3) is 0 Å². The van der Waals surface area contributed by atoms with Crippen LogP contribution in [0.4, 0.5) is 0 Å². The zero-order valence-corrected chi connectivity index (χ0v) is 4.76. The number of hydrogen-bond donors (Lipinski definition) is 1. The van der Waals surface area contributed by atoms with Gasteiger partial charge in [0.05, 0.1) is 5.76 Å². The minimum Gasteiger partial charge on any atom is -0.512 e. The van der Waals surface area contributed by atoms with Crippen LogP contribution in [0.15, 0.2) is 35.6 Å². The zero-order valence-electron chi connectivity index (χ0n) is 4.76. The van der Waals surface area contributed by atoms with Crippen molar-refractivity contribution in [3.05, 3.63) is 35.6 Å². The van der Waals surface area contributed by atoms with E-state index in [9.17, 15) is 0 Å². The van der Waals surface area contributed by atoms with Gasteiger partial charge in [0.2, 0.25) is 0 Å². The number of allylic oxidation sites excluding steroid dienone is 6. The standard InChI is InChI=1S/C7H8O/c1-6(8)7-4-2-3-5-7/h2-5,8H,1H3. The predicted octanol–water partition coefficient (Wildman–Crippen LogP) is 1.94. The summed E-state index contributed by atoms with van der Waals surface area (Å²) in [4.78, 5) is 0. The molecule has 0 aromatic rings. The maximum atomic E-state index is 8.83.